The van der Waals surface area contributed by atoms with Crippen molar-refractivity contribution in [1.29, 1.82) is 0 Å². The maximum atomic E-state index is 12.9. The van der Waals surface area contributed by atoms with Crippen LogP contribution >= 0.6 is 0 Å². The summed E-state index contributed by atoms with van der Waals surface area (Å²) in [6, 6.07) is 17.2. The van der Waals surface area contributed by atoms with Gasteiger partial charge in [-0.05, 0) is 56.2 Å². The van der Waals surface area contributed by atoms with Gasteiger partial charge in [-0.3, -0.25) is 4.79 Å². The van der Waals surface area contributed by atoms with E-state index >= 15 is 0 Å². The second kappa shape index (κ2) is 7.75. The number of hydrogen-bond acceptors (Lipinski definition) is 4. The maximum Gasteiger partial charge on any atom is 0.321 e. The van der Waals surface area contributed by atoms with Gasteiger partial charge in [-0.25, -0.2) is 4.79 Å². The minimum atomic E-state index is -0.242. The largest absolute Gasteiger partial charge is 0.497 e. The number of ether oxygens (including phenoxy) is 1. The standard InChI is InChI=1S/C25H26N4O3/c1-17(30)18-5-3-6-19(15-18)26-24(31)28-13-10-25(11-14-28)23-7-4-12-29(23)22-9-8-20(32-2)16-21(22)27-25/h3-9,12,15-16,27H,10-11,13-14H2,1-2H3,(H,26,31). The van der Waals surface area contributed by atoms with E-state index in [1.165, 1.54) is 12.6 Å². The van der Waals surface area contributed by atoms with E-state index in [0.717, 1.165) is 30.0 Å². The minimum absolute atomic E-state index is 0.0238. The summed E-state index contributed by atoms with van der Waals surface area (Å²) in [6.45, 7) is 2.76. The number of likely N-dealkylation sites (tertiary alicyclic amines) is 1. The lowest BCUT2D eigenvalue weighted by atomic mass is 9.82. The smallest absolute Gasteiger partial charge is 0.321 e. The van der Waals surface area contributed by atoms with Crippen LogP contribution in [0.3, 0.4) is 0 Å². The minimum Gasteiger partial charge on any atom is -0.497 e. The van der Waals surface area contributed by atoms with E-state index in [1.54, 1.807) is 31.4 Å². The van der Waals surface area contributed by atoms with Crippen LogP contribution in [0.4, 0.5) is 16.2 Å². The van der Waals surface area contributed by atoms with Gasteiger partial charge in [-0.1, -0.05) is 12.1 Å². The Bertz CT molecular complexity index is 1190. The molecule has 7 heteroatoms. The summed E-state index contributed by atoms with van der Waals surface area (Å²) in [4.78, 5) is 26.3. The van der Waals surface area contributed by atoms with Gasteiger partial charge in [-0.15, -0.1) is 0 Å². The van der Waals surface area contributed by atoms with E-state index in [4.69, 9.17) is 4.74 Å². The molecule has 2 aliphatic heterocycles. The summed E-state index contributed by atoms with van der Waals surface area (Å²) in [5.41, 5.74) is 4.32. The van der Waals surface area contributed by atoms with E-state index in [1.807, 2.05) is 17.0 Å². The van der Waals surface area contributed by atoms with E-state index < -0.39 is 0 Å². The molecule has 164 valence electrons. The number of nitrogens with zero attached hydrogens (tertiary/aromatic N) is 2. The van der Waals surface area contributed by atoms with Crippen molar-refractivity contribution in [2.45, 2.75) is 25.3 Å². The van der Waals surface area contributed by atoms with Crippen molar-refractivity contribution in [3.63, 3.8) is 0 Å². The van der Waals surface area contributed by atoms with Crippen molar-refractivity contribution in [3.8, 4) is 11.4 Å². The Kier molecular flexibility index (Phi) is 4.89. The average Bonchev–Trinajstić information content (AvgIpc) is 3.31. The molecule has 0 atom stereocenters. The highest BCUT2D eigenvalue weighted by molar-refractivity contribution is 5.96. The van der Waals surface area contributed by atoms with E-state index in [-0.39, 0.29) is 17.4 Å². The number of nitrogens with one attached hydrogen (secondary N) is 2. The zero-order valence-corrected chi connectivity index (χ0v) is 18.2. The zero-order valence-electron chi connectivity index (χ0n) is 18.2. The first-order valence-electron chi connectivity index (χ1n) is 10.8. The number of anilines is 2. The molecule has 0 bridgehead atoms. The van der Waals surface area contributed by atoms with Crippen LogP contribution in [-0.4, -0.2) is 41.5 Å². The summed E-state index contributed by atoms with van der Waals surface area (Å²) >= 11 is 0. The van der Waals surface area contributed by atoms with Crippen molar-refractivity contribution < 1.29 is 14.3 Å². The number of aromatic nitrogens is 1. The number of methoxy groups -OCH3 is 1. The maximum absolute atomic E-state index is 12.9. The van der Waals surface area contributed by atoms with Gasteiger partial charge in [0.1, 0.15) is 5.75 Å². The van der Waals surface area contributed by atoms with Gasteiger partial charge in [0.15, 0.2) is 5.78 Å². The first-order chi connectivity index (χ1) is 15.5. The van der Waals surface area contributed by atoms with Crippen LogP contribution in [0.2, 0.25) is 0 Å². The van der Waals surface area contributed by atoms with Crippen LogP contribution in [0.15, 0.2) is 60.8 Å². The predicted molar refractivity (Wildman–Crippen MR) is 124 cm³/mol. The third-order valence-electron chi connectivity index (χ3n) is 6.50. The zero-order chi connectivity index (χ0) is 22.3. The van der Waals surface area contributed by atoms with Gasteiger partial charge in [0.25, 0.3) is 0 Å². The number of amides is 2. The SMILES string of the molecule is COc1ccc2c(c1)NC1(CCN(C(=O)Nc3cccc(C(C)=O)c3)CC1)c1cccn1-2. The fourth-order valence-electron chi connectivity index (χ4n) is 4.75. The van der Waals surface area contributed by atoms with Crippen molar-refractivity contribution in [1.82, 2.24) is 9.47 Å². The monoisotopic (exact) mass is 430 g/mol. The molecule has 1 aromatic heterocycles. The van der Waals surface area contributed by atoms with Crippen molar-refractivity contribution in [3.05, 3.63) is 72.1 Å². The number of carbonyl (C=O) groups excluding carboxylic acids is 2. The lowest BCUT2D eigenvalue weighted by Gasteiger charge is -2.46. The van der Waals surface area contributed by atoms with Crippen LogP contribution in [0, 0.1) is 0 Å². The number of fused-ring (bicyclic) bond motifs is 4. The van der Waals surface area contributed by atoms with Crippen LogP contribution in [0.25, 0.3) is 5.69 Å². The highest BCUT2D eigenvalue weighted by Gasteiger charge is 2.42. The normalized spacial score (nSPS) is 16.0. The molecule has 1 spiro atoms. The van der Waals surface area contributed by atoms with Crippen LogP contribution in [-0.2, 0) is 5.54 Å². The number of benzene rings is 2. The molecular formula is C25H26N4O3. The highest BCUT2D eigenvalue weighted by Crippen LogP contribution is 2.44. The fraction of sp³-hybridized carbons (Fsp3) is 0.280. The number of Topliss-reactive ketones (excluding diaryl/α,β-unsaturated/α-hetero) is 1. The number of carbonyl (C=O) groups is 2. The van der Waals surface area contributed by atoms with Crippen molar-refractivity contribution >= 4 is 23.2 Å². The number of urea groups is 1. The molecule has 2 aromatic carbocycles. The van der Waals surface area contributed by atoms with Gasteiger partial charge in [0.05, 0.1) is 24.0 Å². The van der Waals surface area contributed by atoms with Gasteiger partial charge in [-0.2, -0.15) is 0 Å². The van der Waals surface area contributed by atoms with E-state index in [2.05, 4.69) is 39.6 Å². The molecule has 2 N–H and O–H groups in total. The topological polar surface area (TPSA) is 75.6 Å². The summed E-state index contributed by atoms with van der Waals surface area (Å²) in [5, 5.41) is 6.70. The number of ketones is 1. The van der Waals surface area contributed by atoms with Crippen molar-refractivity contribution in [2.24, 2.45) is 0 Å². The molecule has 2 aliphatic rings. The van der Waals surface area contributed by atoms with E-state index in [0.29, 0.717) is 24.3 Å². The lowest BCUT2D eigenvalue weighted by molar-refractivity contribution is 0.101. The van der Waals surface area contributed by atoms with Crippen LogP contribution in [0.5, 0.6) is 5.75 Å². The summed E-state index contributed by atoms with van der Waals surface area (Å²) < 4.78 is 7.65. The molecule has 0 radical (unpaired) electrons. The molecule has 32 heavy (non-hydrogen) atoms. The highest BCUT2D eigenvalue weighted by atomic mass is 16.5. The molecule has 3 aromatic rings. The van der Waals surface area contributed by atoms with Crippen molar-refractivity contribution in [2.75, 3.05) is 30.8 Å². The molecule has 5 rings (SSSR count). The summed E-state index contributed by atoms with van der Waals surface area (Å²) in [5.74, 6) is 0.788. The number of rotatable bonds is 3. The first kappa shape index (κ1) is 20.2. The van der Waals surface area contributed by atoms with Gasteiger partial charge < -0.3 is 24.8 Å². The second-order valence-corrected chi connectivity index (χ2v) is 8.41. The fourth-order valence-corrected chi connectivity index (χ4v) is 4.75. The Hall–Kier alpha value is -3.74. The molecular weight excluding hydrogens is 404 g/mol. The van der Waals surface area contributed by atoms with Crippen LogP contribution < -0.4 is 15.4 Å². The molecule has 0 aliphatic carbocycles. The molecule has 1 saturated heterocycles. The summed E-state index contributed by atoms with van der Waals surface area (Å²) in [6.07, 6.45) is 3.66. The Morgan fingerprint density at radius 2 is 1.88 bits per heavy atom. The molecule has 1 fully saturated rings. The predicted octanol–water partition coefficient (Wildman–Crippen LogP) is 4.64. The number of hydrogen-bond donors (Lipinski definition) is 2. The van der Waals surface area contributed by atoms with Crippen LogP contribution in [0.1, 0.15) is 35.8 Å². The first-order valence-corrected chi connectivity index (χ1v) is 10.8. The molecule has 3 heterocycles. The molecule has 7 nitrogen and oxygen atoms in total. The Labute approximate surface area is 187 Å². The third kappa shape index (κ3) is 3.39. The molecule has 0 saturated carbocycles. The Morgan fingerprint density at radius 3 is 2.62 bits per heavy atom. The quantitative estimate of drug-likeness (QED) is 0.594. The Morgan fingerprint density at radius 1 is 1.06 bits per heavy atom. The van der Waals surface area contributed by atoms with Gasteiger partial charge in [0.2, 0.25) is 0 Å². The summed E-state index contributed by atoms with van der Waals surface area (Å²) in [7, 11) is 1.67. The Balaban J connectivity index is 1.33. The molecule has 0 unspecified atom stereocenters. The average molecular weight is 431 g/mol. The molecule has 2 amide bonds. The lowest BCUT2D eigenvalue weighted by Crippen LogP contribution is -2.51. The third-order valence-corrected chi connectivity index (χ3v) is 6.50. The van der Waals surface area contributed by atoms with E-state index in [9.17, 15) is 9.59 Å². The van der Waals surface area contributed by atoms with Gasteiger partial charge in [0, 0.05) is 42.3 Å². The number of piperidine rings is 1. The second-order valence-electron chi connectivity index (χ2n) is 8.41. The van der Waals surface area contributed by atoms with Gasteiger partial charge >= 0.3 is 6.03 Å².